The van der Waals surface area contributed by atoms with Gasteiger partial charge in [-0.3, -0.25) is 4.79 Å². The molecule has 0 unspecified atom stereocenters. The number of ether oxygens (including phenoxy) is 1. The summed E-state index contributed by atoms with van der Waals surface area (Å²) >= 11 is 1.02. The molecular weight excluding hydrogens is 340 g/mol. The van der Waals surface area contributed by atoms with Crippen LogP contribution < -0.4 is 5.32 Å². The number of rotatable bonds is 6. The second kappa shape index (κ2) is 7.34. The average molecular weight is 354 g/mol. The van der Waals surface area contributed by atoms with E-state index < -0.39 is 27.5 Å². The molecule has 2 rings (SSSR count). The summed E-state index contributed by atoms with van der Waals surface area (Å²) in [6, 6.07) is 7.69. The minimum absolute atomic E-state index is 0.0677. The van der Waals surface area contributed by atoms with Crippen molar-refractivity contribution in [3.8, 4) is 0 Å². The molecule has 9 heteroatoms. The van der Waals surface area contributed by atoms with Crippen molar-refractivity contribution < 1.29 is 22.7 Å². The number of carbonyl (C=O) groups excluding carboxylic acids is 2. The normalized spacial score (nSPS) is 11.0. The quantitative estimate of drug-likeness (QED) is 0.793. The molecule has 1 N–H and O–H groups in total. The highest BCUT2D eigenvalue weighted by Gasteiger charge is 2.20. The summed E-state index contributed by atoms with van der Waals surface area (Å²) in [5, 5.41) is 3.94. The Bertz CT molecular complexity index is 800. The minimum Gasteiger partial charge on any atom is -0.461 e. The Labute approximate surface area is 137 Å². The van der Waals surface area contributed by atoms with Crippen LogP contribution in [0.25, 0.3) is 0 Å². The van der Waals surface area contributed by atoms with Gasteiger partial charge in [0.2, 0.25) is 5.91 Å². The summed E-state index contributed by atoms with van der Waals surface area (Å²) in [7, 11) is -3.72. The van der Waals surface area contributed by atoms with Gasteiger partial charge in [0, 0.05) is 5.38 Å². The molecule has 0 aliphatic carbocycles. The Morgan fingerprint density at radius 2 is 1.96 bits per heavy atom. The van der Waals surface area contributed by atoms with Gasteiger partial charge in [0.05, 0.1) is 11.5 Å². The number of anilines is 1. The van der Waals surface area contributed by atoms with Gasteiger partial charge in [-0.25, -0.2) is 18.2 Å². The largest absolute Gasteiger partial charge is 0.461 e. The fraction of sp³-hybridized carbons (Fsp3) is 0.214. The Hall–Kier alpha value is -2.26. The summed E-state index contributed by atoms with van der Waals surface area (Å²) < 4.78 is 28.9. The highest BCUT2D eigenvalue weighted by Crippen LogP contribution is 2.17. The van der Waals surface area contributed by atoms with Crippen molar-refractivity contribution in [2.75, 3.05) is 17.7 Å². The van der Waals surface area contributed by atoms with Crippen molar-refractivity contribution in [1.29, 1.82) is 0 Å². The van der Waals surface area contributed by atoms with Crippen LogP contribution >= 0.6 is 11.3 Å². The molecule has 0 spiro atoms. The first kappa shape index (κ1) is 17.1. The molecule has 0 fully saturated rings. The molecule has 0 atom stereocenters. The van der Waals surface area contributed by atoms with Gasteiger partial charge < -0.3 is 10.1 Å². The number of sulfone groups is 1. The van der Waals surface area contributed by atoms with Crippen LogP contribution in [0.3, 0.4) is 0 Å². The first-order valence-corrected chi connectivity index (χ1v) is 9.16. The van der Waals surface area contributed by atoms with Crippen molar-refractivity contribution in [3.63, 3.8) is 0 Å². The molecule has 1 aromatic heterocycles. The van der Waals surface area contributed by atoms with E-state index in [2.05, 4.69) is 10.3 Å². The van der Waals surface area contributed by atoms with Crippen LogP contribution in [-0.4, -0.2) is 37.6 Å². The van der Waals surface area contributed by atoms with Crippen molar-refractivity contribution >= 4 is 38.2 Å². The maximum Gasteiger partial charge on any atom is 0.357 e. The predicted molar refractivity (Wildman–Crippen MR) is 85.2 cm³/mol. The average Bonchev–Trinajstić information content (AvgIpc) is 2.96. The molecule has 1 amide bonds. The van der Waals surface area contributed by atoms with E-state index in [1.165, 1.54) is 17.5 Å². The van der Waals surface area contributed by atoms with E-state index in [9.17, 15) is 18.0 Å². The first-order valence-electron chi connectivity index (χ1n) is 6.62. The molecule has 0 radical (unpaired) electrons. The van der Waals surface area contributed by atoms with E-state index in [-0.39, 0.29) is 22.3 Å². The van der Waals surface area contributed by atoms with Crippen LogP contribution in [0.15, 0.2) is 40.6 Å². The van der Waals surface area contributed by atoms with Crippen molar-refractivity contribution in [1.82, 2.24) is 4.98 Å². The van der Waals surface area contributed by atoms with Crippen LogP contribution in [0, 0.1) is 0 Å². The number of carbonyl (C=O) groups is 2. The Kier molecular flexibility index (Phi) is 5.45. The molecule has 0 saturated heterocycles. The zero-order chi connectivity index (χ0) is 16.9. The topological polar surface area (TPSA) is 102 Å². The standard InChI is InChI=1S/C14H14N2O5S2/c1-2-21-13(18)11-8-22-14(15-11)16-12(17)9-23(19,20)10-6-4-3-5-7-10/h3-8H,2,9H2,1H3,(H,15,16,17). The number of hydrogen-bond acceptors (Lipinski definition) is 7. The van der Waals surface area contributed by atoms with E-state index in [4.69, 9.17) is 4.74 Å². The lowest BCUT2D eigenvalue weighted by Crippen LogP contribution is -2.23. The Morgan fingerprint density at radius 1 is 1.26 bits per heavy atom. The lowest BCUT2D eigenvalue weighted by Gasteiger charge is -2.04. The molecule has 0 saturated carbocycles. The highest BCUT2D eigenvalue weighted by molar-refractivity contribution is 7.92. The fourth-order valence-electron chi connectivity index (χ4n) is 1.67. The Balaban J connectivity index is 2.01. The predicted octanol–water partition coefficient (Wildman–Crippen LogP) is 1.73. The van der Waals surface area contributed by atoms with Crippen LogP contribution in [0.2, 0.25) is 0 Å². The maximum atomic E-state index is 12.1. The molecule has 0 aliphatic rings. The second-order valence-electron chi connectivity index (χ2n) is 4.38. The minimum atomic E-state index is -3.72. The molecule has 23 heavy (non-hydrogen) atoms. The molecule has 0 aliphatic heterocycles. The van der Waals surface area contributed by atoms with Gasteiger partial charge in [-0.2, -0.15) is 0 Å². The smallest absolute Gasteiger partial charge is 0.357 e. The summed E-state index contributed by atoms with van der Waals surface area (Å²) in [5.41, 5.74) is 0.0677. The zero-order valence-electron chi connectivity index (χ0n) is 12.2. The highest BCUT2D eigenvalue weighted by atomic mass is 32.2. The van der Waals surface area contributed by atoms with Gasteiger partial charge in [0.25, 0.3) is 0 Å². The third kappa shape index (κ3) is 4.60. The van der Waals surface area contributed by atoms with Gasteiger partial charge in [-0.05, 0) is 19.1 Å². The van der Waals surface area contributed by atoms with E-state index in [0.717, 1.165) is 11.3 Å². The number of aromatic nitrogens is 1. The summed E-state index contributed by atoms with van der Waals surface area (Å²) in [6.07, 6.45) is 0. The number of thiazole rings is 1. The van der Waals surface area contributed by atoms with Gasteiger partial charge in [0.1, 0.15) is 5.75 Å². The third-order valence-electron chi connectivity index (χ3n) is 2.66. The third-order valence-corrected chi connectivity index (χ3v) is 5.05. The molecule has 122 valence electrons. The van der Waals surface area contributed by atoms with Crippen LogP contribution in [-0.2, 0) is 19.4 Å². The number of hydrogen-bond donors (Lipinski definition) is 1. The summed E-state index contributed by atoms with van der Waals surface area (Å²) in [5.74, 6) is -2.02. The fourth-order valence-corrected chi connectivity index (χ4v) is 3.52. The first-order chi connectivity index (χ1) is 10.9. The molecule has 1 aromatic carbocycles. The lowest BCUT2D eigenvalue weighted by molar-refractivity contribution is -0.113. The van der Waals surface area contributed by atoms with Crippen LogP contribution in [0.5, 0.6) is 0 Å². The SMILES string of the molecule is CCOC(=O)c1csc(NC(=O)CS(=O)(=O)c2ccccc2)n1. The summed E-state index contributed by atoms with van der Waals surface area (Å²) in [4.78, 5) is 27.3. The molecule has 7 nitrogen and oxygen atoms in total. The molecular formula is C14H14N2O5S2. The van der Waals surface area contributed by atoms with Crippen molar-refractivity contribution in [3.05, 3.63) is 41.4 Å². The monoisotopic (exact) mass is 354 g/mol. The lowest BCUT2D eigenvalue weighted by atomic mass is 10.4. The Morgan fingerprint density at radius 3 is 2.61 bits per heavy atom. The van der Waals surface area contributed by atoms with Gasteiger partial charge in [-0.1, -0.05) is 18.2 Å². The van der Waals surface area contributed by atoms with Crippen molar-refractivity contribution in [2.45, 2.75) is 11.8 Å². The van der Waals surface area contributed by atoms with E-state index in [1.807, 2.05) is 0 Å². The number of nitrogens with one attached hydrogen (secondary N) is 1. The number of esters is 1. The maximum absolute atomic E-state index is 12.1. The second-order valence-corrected chi connectivity index (χ2v) is 7.23. The zero-order valence-corrected chi connectivity index (χ0v) is 13.8. The number of nitrogens with zero attached hydrogens (tertiary/aromatic N) is 1. The van der Waals surface area contributed by atoms with E-state index in [0.29, 0.717) is 0 Å². The van der Waals surface area contributed by atoms with Crippen molar-refractivity contribution in [2.24, 2.45) is 0 Å². The van der Waals surface area contributed by atoms with Crippen LogP contribution in [0.4, 0.5) is 5.13 Å². The molecule has 2 aromatic rings. The van der Waals surface area contributed by atoms with Crippen LogP contribution in [0.1, 0.15) is 17.4 Å². The van der Waals surface area contributed by atoms with E-state index >= 15 is 0 Å². The number of amides is 1. The van der Waals surface area contributed by atoms with Gasteiger partial charge in [-0.15, -0.1) is 11.3 Å². The summed E-state index contributed by atoms with van der Waals surface area (Å²) in [6.45, 7) is 1.88. The van der Waals surface area contributed by atoms with Gasteiger partial charge in [0.15, 0.2) is 20.7 Å². The van der Waals surface area contributed by atoms with E-state index in [1.54, 1.807) is 25.1 Å². The number of benzene rings is 1. The van der Waals surface area contributed by atoms with Gasteiger partial charge >= 0.3 is 5.97 Å². The molecule has 0 bridgehead atoms. The molecule has 1 heterocycles.